The predicted octanol–water partition coefficient (Wildman–Crippen LogP) is 2.70. The molecule has 1 aromatic carbocycles. The van der Waals surface area contributed by atoms with Crippen molar-refractivity contribution in [2.75, 3.05) is 13.2 Å². The van der Waals surface area contributed by atoms with E-state index in [1.807, 2.05) is 6.07 Å². The molecule has 0 bridgehead atoms. The number of benzene rings is 1. The highest BCUT2D eigenvalue weighted by Crippen LogP contribution is 2.41. The molecule has 0 aromatic heterocycles. The minimum absolute atomic E-state index is 0.0123. The fourth-order valence-corrected chi connectivity index (χ4v) is 2.65. The quantitative estimate of drug-likeness (QED) is 0.458. The van der Waals surface area contributed by atoms with Gasteiger partial charge in [-0.3, -0.25) is 14.4 Å². The van der Waals surface area contributed by atoms with E-state index in [9.17, 15) is 14.4 Å². The van der Waals surface area contributed by atoms with Gasteiger partial charge in [-0.2, -0.15) is 0 Å². The number of ketones is 1. The van der Waals surface area contributed by atoms with E-state index in [4.69, 9.17) is 9.47 Å². The third kappa shape index (κ3) is 3.33. The molecule has 0 fully saturated rings. The number of hydrogen-bond donors (Lipinski definition) is 0. The molecule has 5 nitrogen and oxygen atoms in total. The van der Waals surface area contributed by atoms with Crippen molar-refractivity contribution in [3.05, 3.63) is 47.5 Å². The molecule has 0 atom stereocenters. The van der Waals surface area contributed by atoms with E-state index >= 15 is 0 Å². The van der Waals surface area contributed by atoms with Crippen molar-refractivity contribution in [3.63, 3.8) is 0 Å². The molecular weight excluding hydrogens is 296 g/mol. The molecule has 1 aliphatic rings. The Balaban J connectivity index is 2.24. The van der Waals surface area contributed by atoms with Crippen molar-refractivity contribution in [3.8, 4) is 0 Å². The second-order valence-corrected chi connectivity index (χ2v) is 5.33. The highest BCUT2D eigenvalue weighted by molar-refractivity contribution is 6.12. The van der Waals surface area contributed by atoms with Crippen LogP contribution in [0.4, 0.5) is 0 Å². The Morgan fingerprint density at radius 2 is 1.57 bits per heavy atom. The molecule has 0 amide bonds. The highest BCUT2D eigenvalue weighted by Gasteiger charge is 2.52. The molecule has 0 unspecified atom stereocenters. The Labute approximate surface area is 135 Å². The second-order valence-electron chi connectivity index (χ2n) is 5.33. The lowest BCUT2D eigenvalue weighted by molar-refractivity contribution is -0.171. The maximum atomic E-state index is 12.5. The van der Waals surface area contributed by atoms with Gasteiger partial charge >= 0.3 is 11.9 Å². The van der Waals surface area contributed by atoms with Crippen molar-refractivity contribution in [1.82, 2.24) is 0 Å². The first-order valence-corrected chi connectivity index (χ1v) is 7.68. The zero-order valence-corrected chi connectivity index (χ0v) is 13.3. The number of carbonyl (C=O) groups excluding carboxylic acids is 3. The molecule has 2 rings (SSSR count). The average Bonchev–Trinajstić information content (AvgIpc) is 3.02. The summed E-state index contributed by atoms with van der Waals surface area (Å²) in [7, 11) is 0. The molecule has 1 aromatic rings. The Bertz CT molecular complexity index is 612. The summed E-state index contributed by atoms with van der Waals surface area (Å²) in [6, 6.07) is 8.77. The number of ether oxygens (including phenoxy) is 2. The van der Waals surface area contributed by atoms with Crippen molar-refractivity contribution in [2.24, 2.45) is 5.41 Å². The monoisotopic (exact) mass is 316 g/mol. The van der Waals surface area contributed by atoms with Gasteiger partial charge in [0.2, 0.25) is 0 Å². The van der Waals surface area contributed by atoms with Crippen LogP contribution in [0.2, 0.25) is 0 Å². The minimum atomic E-state index is -1.44. The van der Waals surface area contributed by atoms with Crippen LogP contribution in [0.15, 0.2) is 42.0 Å². The SMILES string of the molecule is CCOC(=O)C1(C(=O)OCC)CC=C(C(=O)c2ccccc2)C1. The topological polar surface area (TPSA) is 69.7 Å². The van der Waals surface area contributed by atoms with Gasteiger partial charge in [0.15, 0.2) is 11.2 Å². The van der Waals surface area contributed by atoms with Crippen LogP contribution in [0.3, 0.4) is 0 Å². The summed E-state index contributed by atoms with van der Waals surface area (Å²) in [6.45, 7) is 3.69. The van der Waals surface area contributed by atoms with Crippen LogP contribution in [-0.2, 0) is 19.1 Å². The second kappa shape index (κ2) is 7.22. The van der Waals surface area contributed by atoms with E-state index in [0.717, 1.165) is 0 Å². The van der Waals surface area contributed by atoms with E-state index < -0.39 is 17.4 Å². The number of rotatable bonds is 6. The number of carbonyl (C=O) groups is 3. The van der Waals surface area contributed by atoms with Crippen molar-refractivity contribution < 1.29 is 23.9 Å². The van der Waals surface area contributed by atoms with E-state index in [1.165, 1.54) is 0 Å². The summed E-state index contributed by atoms with van der Waals surface area (Å²) in [5, 5.41) is 0. The van der Waals surface area contributed by atoms with Crippen LogP contribution in [0.1, 0.15) is 37.0 Å². The lowest BCUT2D eigenvalue weighted by atomic mass is 9.83. The molecule has 0 spiro atoms. The summed E-state index contributed by atoms with van der Waals surface area (Å²) in [6.07, 6.45) is 1.78. The van der Waals surface area contributed by atoms with E-state index in [1.54, 1.807) is 44.2 Å². The molecule has 0 saturated heterocycles. The molecule has 0 aliphatic heterocycles. The van der Waals surface area contributed by atoms with Crippen LogP contribution in [0, 0.1) is 5.41 Å². The molecule has 0 radical (unpaired) electrons. The van der Waals surface area contributed by atoms with Crippen molar-refractivity contribution >= 4 is 17.7 Å². The van der Waals surface area contributed by atoms with Crippen molar-refractivity contribution in [1.29, 1.82) is 0 Å². The summed E-state index contributed by atoms with van der Waals surface area (Å²) in [4.78, 5) is 37.2. The first-order valence-electron chi connectivity index (χ1n) is 7.68. The van der Waals surface area contributed by atoms with Crippen LogP contribution in [-0.4, -0.2) is 30.9 Å². The standard InChI is InChI=1S/C18H20O5/c1-3-22-16(20)18(17(21)23-4-2)11-10-14(12-18)15(19)13-8-6-5-7-9-13/h5-10H,3-4,11-12H2,1-2H3. The van der Waals surface area contributed by atoms with Gasteiger partial charge < -0.3 is 9.47 Å². The third-order valence-electron chi connectivity index (χ3n) is 3.85. The zero-order valence-electron chi connectivity index (χ0n) is 13.3. The summed E-state index contributed by atoms with van der Waals surface area (Å²) in [5.41, 5.74) is -0.467. The van der Waals surface area contributed by atoms with Gasteiger partial charge in [-0.05, 0) is 25.8 Å². The summed E-state index contributed by atoms with van der Waals surface area (Å²) < 4.78 is 10.1. The molecule has 23 heavy (non-hydrogen) atoms. The van der Waals surface area contributed by atoms with E-state index in [0.29, 0.717) is 11.1 Å². The first-order chi connectivity index (χ1) is 11.0. The van der Waals surface area contributed by atoms with Gasteiger partial charge in [0, 0.05) is 12.0 Å². The van der Waals surface area contributed by atoms with E-state index in [-0.39, 0.29) is 31.8 Å². The van der Waals surface area contributed by atoms with Crippen LogP contribution in [0.25, 0.3) is 0 Å². The molecular formula is C18H20O5. The number of Topliss-reactive ketones (excluding diaryl/α,β-unsaturated/α-hetero) is 1. The maximum Gasteiger partial charge on any atom is 0.324 e. The van der Waals surface area contributed by atoms with Crippen LogP contribution < -0.4 is 0 Å². The predicted molar refractivity (Wildman–Crippen MR) is 83.8 cm³/mol. The number of hydrogen-bond acceptors (Lipinski definition) is 5. The lowest BCUT2D eigenvalue weighted by Crippen LogP contribution is -2.40. The largest absolute Gasteiger partial charge is 0.465 e. The van der Waals surface area contributed by atoms with Gasteiger partial charge in [-0.15, -0.1) is 0 Å². The molecule has 1 aliphatic carbocycles. The smallest absolute Gasteiger partial charge is 0.324 e. The van der Waals surface area contributed by atoms with Gasteiger partial charge in [0.1, 0.15) is 0 Å². The van der Waals surface area contributed by atoms with Crippen LogP contribution >= 0.6 is 0 Å². The highest BCUT2D eigenvalue weighted by atomic mass is 16.6. The minimum Gasteiger partial charge on any atom is -0.465 e. The Kier molecular flexibility index (Phi) is 5.32. The van der Waals surface area contributed by atoms with Crippen LogP contribution in [0.5, 0.6) is 0 Å². The maximum absolute atomic E-state index is 12.5. The van der Waals surface area contributed by atoms with Gasteiger partial charge in [-0.1, -0.05) is 36.4 Å². The Morgan fingerprint density at radius 1 is 1.00 bits per heavy atom. The molecule has 0 heterocycles. The third-order valence-corrected chi connectivity index (χ3v) is 3.85. The fourth-order valence-electron chi connectivity index (χ4n) is 2.65. The van der Waals surface area contributed by atoms with Gasteiger partial charge in [-0.25, -0.2) is 0 Å². The van der Waals surface area contributed by atoms with E-state index in [2.05, 4.69) is 0 Å². The fraction of sp³-hybridized carbons (Fsp3) is 0.389. The average molecular weight is 316 g/mol. The van der Waals surface area contributed by atoms with Crippen molar-refractivity contribution in [2.45, 2.75) is 26.7 Å². The van der Waals surface area contributed by atoms with Gasteiger partial charge in [0.05, 0.1) is 13.2 Å². The molecule has 122 valence electrons. The summed E-state index contributed by atoms with van der Waals surface area (Å²) in [5.74, 6) is -1.45. The Hall–Kier alpha value is -2.43. The molecule has 5 heteroatoms. The normalized spacial score (nSPS) is 15.7. The summed E-state index contributed by atoms with van der Waals surface area (Å²) >= 11 is 0. The van der Waals surface area contributed by atoms with Gasteiger partial charge in [0.25, 0.3) is 0 Å². The lowest BCUT2D eigenvalue weighted by Gasteiger charge is -2.24. The number of esters is 2. The molecule has 0 N–H and O–H groups in total. The molecule has 0 saturated carbocycles. The zero-order chi connectivity index (χ0) is 16.9. The number of allylic oxidation sites excluding steroid dienone is 2. The first kappa shape index (κ1) is 16.9. The Morgan fingerprint density at radius 3 is 2.09 bits per heavy atom.